The molecule has 0 spiro atoms. The van der Waals surface area contributed by atoms with Crippen LogP contribution in [0, 0.1) is 24.1 Å². The average Bonchev–Trinajstić information content (AvgIpc) is 2.68. The highest BCUT2D eigenvalue weighted by atomic mass is 35.5. The molecule has 7 heteroatoms. The van der Waals surface area contributed by atoms with Crippen LogP contribution < -0.4 is 15.0 Å². The summed E-state index contributed by atoms with van der Waals surface area (Å²) in [6.45, 7) is 4.12. The van der Waals surface area contributed by atoms with E-state index in [1.54, 1.807) is 37.3 Å². The van der Waals surface area contributed by atoms with Crippen molar-refractivity contribution in [3.63, 3.8) is 0 Å². The van der Waals surface area contributed by atoms with Crippen LogP contribution in [0.2, 0.25) is 5.02 Å². The number of nitriles is 1. The van der Waals surface area contributed by atoms with E-state index >= 15 is 0 Å². The second-order valence-corrected chi connectivity index (χ2v) is 6.71. The van der Waals surface area contributed by atoms with Gasteiger partial charge in [0.25, 0.3) is 5.56 Å². The fraction of sp³-hybridized carbons (Fsp3) is 0.182. The Hall–Kier alpha value is -3.30. The third kappa shape index (κ3) is 4.58. The van der Waals surface area contributed by atoms with Gasteiger partial charge in [0.2, 0.25) is 0 Å². The van der Waals surface area contributed by atoms with E-state index in [1.165, 1.54) is 12.1 Å². The molecule has 0 fully saturated rings. The molecule has 2 aromatic carbocycles. The van der Waals surface area contributed by atoms with Gasteiger partial charge in [-0.05, 0) is 49.7 Å². The third-order valence-electron chi connectivity index (χ3n) is 4.23. The number of nitrogens with zero attached hydrogens (tertiary/aromatic N) is 1. The number of hydrogen-bond acceptors (Lipinski definition) is 4. The quantitative estimate of drug-likeness (QED) is 0.618. The smallest absolute Gasteiger partial charge is 0.266 e. The largest absolute Gasteiger partial charge is 0.490 e. The van der Waals surface area contributed by atoms with Crippen LogP contribution in [0.4, 0.5) is 4.39 Å². The number of aromatic amines is 1. The van der Waals surface area contributed by atoms with Gasteiger partial charge in [-0.3, -0.25) is 4.79 Å². The van der Waals surface area contributed by atoms with Gasteiger partial charge >= 0.3 is 0 Å². The SMILES string of the molecule is CCOc1cc(-c2cc(C)[nH]c(=O)c2C#N)ccc1OCc1ccc(F)cc1Cl. The van der Waals surface area contributed by atoms with E-state index in [2.05, 4.69) is 4.98 Å². The van der Waals surface area contributed by atoms with E-state index in [-0.39, 0.29) is 17.2 Å². The van der Waals surface area contributed by atoms with Gasteiger partial charge in [-0.1, -0.05) is 23.7 Å². The van der Waals surface area contributed by atoms with Crippen molar-refractivity contribution in [1.29, 1.82) is 5.26 Å². The van der Waals surface area contributed by atoms with Gasteiger partial charge in [0.15, 0.2) is 11.5 Å². The molecule has 3 aromatic rings. The monoisotopic (exact) mass is 412 g/mol. The molecule has 1 aromatic heterocycles. The van der Waals surface area contributed by atoms with Gasteiger partial charge < -0.3 is 14.5 Å². The number of halogens is 2. The van der Waals surface area contributed by atoms with Crippen molar-refractivity contribution in [2.75, 3.05) is 6.61 Å². The summed E-state index contributed by atoms with van der Waals surface area (Å²) >= 11 is 6.05. The summed E-state index contributed by atoms with van der Waals surface area (Å²) < 4.78 is 24.7. The first-order valence-electron chi connectivity index (χ1n) is 8.91. The topological polar surface area (TPSA) is 75.1 Å². The molecule has 1 heterocycles. The molecule has 5 nitrogen and oxygen atoms in total. The van der Waals surface area contributed by atoms with Crippen LogP contribution in [-0.2, 0) is 6.61 Å². The Labute approximate surface area is 172 Å². The molecular formula is C22H18ClFN2O3. The molecule has 0 saturated carbocycles. The molecule has 3 rings (SSSR count). The Bertz CT molecular complexity index is 1150. The van der Waals surface area contributed by atoms with E-state index in [9.17, 15) is 14.4 Å². The van der Waals surface area contributed by atoms with Crippen LogP contribution in [0.1, 0.15) is 23.7 Å². The Morgan fingerprint density at radius 1 is 1.14 bits per heavy atom. The molecule has 0 atom stereocenters. The number of aryl methyl sites for hydroxylation is 1. The first-order valence-corrected chi connectivity index (χ1v) is 9.28. The summed E-state index contributed by atoms with van der Waals surface area (Å²) in [6, 6.07) is 13.0. The van der Waals surface area contributed by atoms with E-state index in [0.29, 0.717) is 40.5 Å². The molecule has 0 saturated heterocycles. The Balaban J connectivity index is 1.96. The van der Waals surface area contributed by atoms with Crippen molar-refractivity contribution in [2.24, 2.45) is 0 Å². The van der Waals surface area contributed by atoms with Gasteiger partial charge in [-0.2, -0.15) is 5.26 Å². The lowest BCUT2D eigenvalue weighted by Gasteiger charge is -2.15. The molecular weight excluding hydrogens is 395 g/mol. The summed E-state index contributed by atoms with van der Waals surface area (Å²) in [4.78, 5) is 14.7. The zero-order valence-corrected chi connectivity index (χ0v) is 16.6. The summed E-state index contributed by atoms with van der Waals surface area (Å²) in [7, 11) is 0. The van der Waals surface area contributed by atoms with E-state index in [4.69, 9.17) is 21.1 Å². The maximum absolute atomic E-state index is 13.2. The minimum absolute atomic E-state index is 0.0322. The summed E-state index contributed by atoms with van der Waals surface area (Å²) in [5.74, 6) is 0.515. The molecule has 0 aliphatic carbocycles. The Morgan fingerprint density at radius 2 is 1.93 bits per heavy atom. The van der Waals surface area contributed by atoms with Crippen molar-refractivity contribution in [3.05, 3.63) is 80.5 Å². The fourth-order valence-corrected chi connectivity index (χ4v) is 3.11. The maximum atomic E-state index is 13.2. The minimum atomic E-state index is -0.438. The van der Waals surface area contributed by atoms with Gasteiger partial charge in [0.1, 0.15) is 24.1 Å². The van der Waals surface area contributed by atoms with Crippen LogP contribution in [0.5, 0.6) is 11.5 Å². The number of ether oxygens (including phenoxy) is 2. The standard InChI is InChI=1S/C22H18ClFN2O3/c1-3-28-21-9-14(17-8-13(2)26-22(27)18(17)11-25)5-7-20(21)29-12-15-4-6-16(24)10-19(15)23/h4-10H,3,12H2,1-2H3,(H,26,27). The van der Waals surface area contributed by atoms with Crippen molar-refractivity contribution in [2.45, 2.75) is 20.5 Å². The lowest BCUT2D eigenvalue weighted by Crippen LogP contribution is -2.12. The van der Waals surface area contributed by atoms with Crippen LogP contribution in [0.3, 0.4) is 0 Å². The van der Waals surface area contributed by atoms with Crippen molar-refractivity contribution in [1.82, 2.24) is 4.98 Å². The maximum Gasteiger partial charge on any atom is 0.266 e. The third-order valence-corrected chi connectivity index (χ3v) is 4.58. The molecule has 0 aliphatic rings. The van der Waals surface area contributed by atoms with Crippen LogP contribution >= 0.6 is 11.6 Å². The predicted octanol–water partition coefficient (Wildman–Crippen LogP) is 4.99. The number of benzene rings is 2. The molecule has 1 N–H and O–H groups in total. The van der Waals surface area contributed by atoms with Crippen molar-refractivity contribution < 1.29 is 13.9 Å². The number of H-pyrrole nitrogens is 1. The highest BCUT2D eigenvalue weighted by molar-refractivity contribution is 6.31. The summed E-state index contributed by atoms with van der Waals surface area (Å²) in [5, 5.41) is 9.64. The number of pyridine rings is 1. The number of hydrogen-bond donors (Lipinski definition) is 1. The summed E-state index contributed by atoms with van der Waals surface area (Å²) in [5.41, 5.74) is 2.05. The highest BCUT2D eigenvalue weighted by Crippen LogP contribution is 2.34. The Kier molecular flexibility index (Phi) is 6.20. The molecule has 0 amide bonds. The average molecular weight is 413 g/mol. The molecule has 0 radical (unpaired) electrons. The molecule has 29 heavy (non-hydrogen) atoms. The van der Waals surface area contributed by atoms with Crippen molar-refractivity contribution >= 4 is 11.6 Å². The zero-order chi connectivity index (χ0) is 21.0. The lowest BCUT2D eigenvalue weighted by atomic mass is 10.0. The van der Waals surface area contributed by atoms with Gasteiger partial charge in [-0.15, -0.1) is 0 Å². The molecule has 0 aliphatic heterocycles. The number of rotatable bonds is 6. The molecule has 0 bridgehead atoms. The fourth-order valence-electron chi connectivity index (χ4n) is 2.88. The predicted molar refractivity (Wildman–Crippen MR) is 109 cm³/mol. The normalized spacial score (nSPS) is 10.4. The van der Waals surface area contributed by atoms with Crippen LogP contribution in [0.15, 0.2) is 47.3 Å². The van der Waals surface area contributed by atoms with E-state index in [1.807, 2.05) is 13.0 Å². The van der Waals surface area contributed by atoms with Gasteiger partial charge in [-0.25, -0.2) is 4.39 Å². The van der Waals surface area contributed by atoms with Gasteiger partial charge in [0, 0.05) is 16.8 Å². The molecule has 0 unspecified atom stereocenters. The first-order chi connectivity index (χ1) is 13.9. The van der Waals surface area contributed by atoms with E-state index < -0.39 is 11.4 Å². The van der Waals surface area contributed by atoms with Crippen LogP contribution in [0.25, 0.3) is 11.1 Å². The number of aromatic nitrogens is 1. The number of nitrogens with one attached hydrogen (secondary N) is 1. The van der Waals surface area contributed by atoms with Crippen molar-refractivity contribution in [3.8, 4) is 28.7 Å². The Morgan fingerprint density at radius 3 is 2.62 bits per heavy atom. The highest BCUT2D eigenvalue weighted by Gasteiger charge is 2.14. The minimum Gasteiger partial charge on any atom is -0.490 e. The second kappa shape index (κ2) is 8.80. The lowest BCUT2D eigenvalue weighted by molar-refractivity contribution is 0.269. The summed E-state index contributed by atoms with van der Waals surface area (Å²) in [6.07, 6.45) is 0. The van der Waals surface area contributed by atoms with E-state index in [0.717, 1.165) is 0 Å². The van der Waals surface area contributed by atoms with Crippen LogP contribution in [-0.4, -0.2) is 11.6 Å². The molecule has 148 valence electrons. The second-order valence-electron chi connectivity index (χ2n) is 6.30. The van der Waals surface area contributed by atoms with Gasteiger partial charge in [0.05, 0.1) is 11.6 Å². The first kappa shape index (κ1) is 20.4. The zero-order valence-electron chi connectivity index (χ0n) is 15.9.